The van der Waals surface area contributed by atoms with Crippen molar-refractivity contribution in [2.75, 3.05) is 6.61 Å². The van der Waals surface area contributed by atoms with Crippen LogP contribution in [0, 0.1) is 0 Å². The largest absolute Gasteiger partial charge is 0.373 e. The summed E-state index contributed by atoms with van der Waals surface area (Å²) < 4.78 is 7.01. The van der Waals surface area contributed by atoms with Crippen molar-refractivity contribution < 1.29 is 4.74 Å². The lowest BCUT2D eigenvalue weighted by atomic mass is 9.92. The van der Waals surface area contributed by atoms with Gasteiger partial charge in [-0.3, -0.25) is 0 Å². The first-order valence-electron chi connectivity index (χ1n) is 6.94. The molecule has 0 aromatic heterocycles. The Kier molecular flexibility index (Phi) is 4.20. The minimum atomic E-state index is -0.000689. The van der Waals surface area contributed by atoms with E-state index in [4.69, 9.17) is 10.5 Å². The predicted molar refractivity (Wildman–Crippen MR) is 84.5 cm³/mol. The highest BCUT2D eigenvalue weighted by molar-refractivity contribution is 9.10. The fourth-order valence-corrected chi connectivity index (χ4v) is 3.01. The maximum Gasteiger partial charge on any atom is 0.0845 e. The zero-order valence-corrected chi connectivity index (χ0v) is 12.8. The lowest BCUT2D eigenvalue weighted by Crippen LogP contribution is -2.21. The van der Waals surface area contributed by atoms with E-state index in [1.165, 1.54) is 11.1 Å². The molecule has 1 heterocycles. The Balaban J connectivity index is 1.77. The molecule has 3 rings (SSSR count). The van der Waals surface area contributed by atoms with Gasteiger partial charge in [0, 0.05) is 10.5 Å². The Labute approximate surface area is 128 Å². The van der Waals surface area contributed by atoms with Gasteiger partial charge in [0.05, 0.1) is 12.7 Å². The van der Waals surface area contributed by atoms with Crippen molar-refractivity contribution in [3.8, 4) is 0 Å². The molecule has 2 N–H and O–H groups in total. The topological polar surface area (TPSA) is 35.2 Å². The summed E-state index contributed by atoms with van der Waals surface area (Å²) in [4.78, 5) is 0. The minimum absolute atomic E-state index is 0.000689. The zero-order chi connectivity index (χ0) is 13.9. The van der Waals surface area contributed by atoms with E-state index in [0.29, 0.717) is 0 Å². The van der Waals surface area contributed by atoms with E-state index in [2.05, 4.69) is 52.3 Å². The molecule has 0 aliphatic carbocycles. The second kappa shape index (κ2) is 6.08. The number of hydrogen-bond donors (Lipinski definition) is 1. The van der Waals surface area contributed by atoms with E-state index in [1.54, 1.807) is 0 Å². The van der Waals surface area contributed by atoms with Crippen LogP contribution in [0.15, 0.2) is 53.0 Å². The molecule has 0 bridgehead atoms. The molecular formula is C17H18BrNO. The molecular weight excluding hydrogens is 314 g/mol. The monoisotopic (exact) mass is 331 g/mol. The van der Waals surface area contributed by atoms with E-state index in [9.17, 15) is 0 Å². The van der Waals surface area contributed by atoms with Crippen molar-refractivity contribution in [3.05, 3.63) is 69.7 Å². The van der Waals surface area contributed by atoms with Crippen molar-refractivity contribution >= 4 is 15.9 Å². The average molecular weight is 332 g/mol. The third kappa shape index (κ3) is 2.95. The molecule has 2 atom stereocenters. The highest BCUT2D eigenvalue weighted by atomic mass is 79.9. The molecule has 1 aliphatic heterocycles. The van der Waals surface area contributed by atoms with Gasteiger partial charge in [-0.1, -0.05) is 52.3 Å². The Bertz CT molecular complexity index is 582. The van der Waals surface area contributed by atoms with Crippen molar-refractivity contribution in [3.63, 3.8) is 0 Å². The maximum atomic E-state index is 6.34. The van der Waals surface area contributed by atoms with Crippen molar-refractivity contribution in [2.45, 2.75) is 25.0 Å². The number of halogens is 1. The fourth-order valence-electron chi connectivity index (χ4n) is 2.75. The number of ether oxygens (including phenoxy) is 1. The van der Waals surface area contributed by atoms with Gasteiger partial charge < -0.3 is 10.5 Å². The molecule has 2 aromatic rings. The van der Waals surface area contributed by atoms with Crippen LogP contribution in [0.3, 0.4) is 0 Å². The van der Waals surface area contributed by atoms with Gasteiger partial charge in [0.15, 0.2) is 0 Å². The third-order valence-electron chi connectivity index (χ3n) is 3.86. The molecule has 0 saturated carbocycles. The molecule has 20 heavy (non-hydrogen) atoms. The van der Waals surface area contributed by atoms with Gasteiger partial charge in [0.2, 0.25) is 0 Å². The number of hydrogen-bond acceptors (Lipinski definition) is 2. The van der Waals surface area contributed by atoms with Gasteiger partial charge in [0.1, 0.15) is 0 Å². The fraction of sp³-hybridized carbons (Fsp3) is 0.294. The SMILES string of the molecule is NC(CC1OCCc2ccccc21)c1ccc(Br)cc1. The van der Waals surface area contributed by atoms with Gasteiger partial charge in [-0.2, -0.15) is 0 Å². The van der Waals surface area contributed by atoms with Crippen LogP contribution in [0.2, 0.25) is 0 Å². The Hall–Kier alpha value is -1.16. The lowest BCUT2D eigenvalue weighted by Gasteiger charge is -2.28. The second-order valence-corrected chi connectivity index (χ2v) is 6.12. The van der Waals surface area contributed by atoms with E-state index in [1.807, 2.05) is 12.1 Å². The Morgan fingerprint density at radius 3 is 2.70 bits per heavy atom. The molecule has 1 aliphatic rings. The summed E-state index contributed by atoms with van der Waals surface area (Å²) in [7, 11) is 0. The van der Waals surface area contributed by atoms with Crippen molar-refractivity contribution in [1.82, 2.24) is 0 Å². The van der Waals surface area contributed by atoms with Crippen LogP contribution in [0.5, 0.6) is 0 Å². The van der Waals surface area contributed by atoms with E-state index in [0.717, 1.165) is 29.5 Å². The first-order valence-corrected chi connectivity index (χ1v) is 7.74. The summed E-state index contributed by atoms with van der Waals surface area (Å²) >= 11 is 3.45. The molecule has 0 radical (unpaired) electrons. The van der Waals surface area contributed by atoms with Crippen molar-refractivity contribution in [2.24, 2.45) is 5.73 Å². The van der Waals surface area contributed by atoms with Crippen LogP contribution in [0.1, 0.15) is 35.3 Å². The molecule has 0 spiro atoms. The van der Waals surface area contributed by atoms with Gasteiger partial charge in [0.25, 0.3) is 0 Å². The van der Waals surface area contributed by atoms with Gasteiger partial charge in [-0.25, -0.2) is 0 Å². The minimum Gasteiger partial charge on any atom is -0.373 e. The van der Waals surface area contributed by atoms with Gasteiger partial charge in [-0.15, -0.1) is 0 Å². The maximum absolute atomic E-state index is 6.34. The van der Waals surface area contributed by atoms with E-state index >= 15 is 0 Å². The number of rotatable bonds is 3. The highest BCUT2D eigenvalue weighted by Crippen LogP contribution is 2.33. The average Bonchev–Trinajstić information content (AvgIpc) is 2.48. The summed E-state index contributed by atoms with van der Waals surface area (Å²) in [5, 5.41) is 0. The van der Waals surface area contributed by atoms with Gasteiger partial charge >= 0.3 is 0 Å². The van der Waals surface area contributed by atoms with Crippen LogP contribution in [0.25, 0.3) is 0 Å². The van der Waals surface area contributed by atoms with E-state index in [-0.39, 0.29) is 12.1 Å². The predicted octanol–water partition coefficient (Wildman–Crippen LogP) is 4.15. The highest BCUT2D eigenvalue weighted by Gasteiger charge is 2.23. The first kappa shape index (κ1) is 13.8. The summed E-state index contributed by atoms with van der Waals surface area (Å²) in [6.07, 6.45) is 1.93. The van der Waals surface area contributed by atoms with Crippen LogP contribution in [0.4, 0.5) is 0 Å². The Morgan fingerprint density at radius 2 is 1.90 bits per heavy atom. The molecule has 3 heteroatoms. The third-order valence-corrected chi connectivity index (χ3v) is 4.39. The molecule has 2 nitrogen and oxygen atoms in total. The summed E-state index contributed by atoms with van der Waals surface area (Å²) in [6, 6.07) is 16.7. The molecule has 2 aromatic carbocycles. The van der Waals surface area contributed by atoms with Crippen LogP contribution >= 0.6 is 15.9 Å². The molecule has 2 unspecified atom stereocenters. The zero-order valence-electron chi connectivity index (χ0n) is 11.3. The molecule has 0 fully saturated rings. The molecule has 0 saturated heterocycles. The Morgan fingerprint density at radius 1 is 1.15 bits per heavy atom. The quantitative estimate of drug-likeness (QED) is 0.916. The summed E-state index contributed by atoms with van der Waals surface area (Å²) in [5.74, 6) is 0. The molecule has 0 amide bonds. The normalized spacial score (nSPS) is 19.4. The smallest absolute Gasteiger partial charge is 0.0845 e. The lowest BCUT2D eigenvalue weighted by molar-refractivity contribution is 0.0320. The number of benzene rings is 2. The number of nitrogens with two attached hydrogens (primary N) is 1. The van der Waals surface area contributed by atoms with E-state index < -0.39 is 0 Å². The number of fused-ring (bicyclic) bond motifs is 1. The van der Waals surface area contributed by atoms with Crippen LogP contribution in [-0.4, -0.2) is 6.61 Å². The molecule has 104 valence electrons. The second-order valence-electron chi connectivity index (χ2n) is 5.20. The van der Waals surface area contributed by atoms with Crippen molar-refractivity contribution in [1.29, 1.82) is 0 Å². The standard InChI is InChI=1S/C17H18BrNO/c18-14-7-5-13(6-8-14)16(19)11-17-15-4-2-1-3-12(15)9-10-20-17/h1-8,16-17H,9-11,19H2. The summed E-state index contributed by atoms with van der Waals surface area (Å²) in [6.45, 7) is 0.786. The van der Waals surface area contributed by atoms with Crippen LogP contribution in [-0.2, 0) is 11.2 Å². The summed E-state index contributed by atoms with van der Waals surface area (Å²) in [5.41, 5.74) is 10.2. The van der Waals surface area contributed by atoms with Gasteiger partial charge in [-0.05, 0) is 41.7 Å². The first-order chi connectivity index (χ1) is 9.74. The van der Waals surface area contributed by atoms with Crippen LogP contribution < -0.4 is 5.73 Å².